The van der Waals surface area contributed by atoms with Gasteiger partial charge in [0.25, 0.3) is 5.91 Å². The number of nitrogens with one attached hydrogen (secondary N) is 2. The number of ether oxygens (including phenoxy) is 1. The van der Waals surface area contributed by atoms with Gasteiger partial charge in [0.15, 0.2) is 5.11 Å². The molecule has 0 spiro atoms. The van der Waals surface area contributed by atoms with Gasteiger partial charge >= 0.3 is 0 Å². The van der Waals surface area contributed by atoms with E-state index < -0.39 is 0 Å². The second-order valence-electron chi connectivity index (χ2n) is 5.72. The summed E-state index contributed by atoms with van der Waals surface area (Å²) in [6.07, 6.45) is 3.08. The third-order valence-electron chi connectivity index (χ3n) is 3.70. The molecule has 6 heteroatoms. The fraction of sp³-hybridized carbons (Fsp3) is 0.0455. The molecule has 0 saturated carbocycles. The predicted molar refractivity (Wildman–Crippen MR) is 113 cm³/mol. The first-order chi connectivity index (χ1) is 13.6. The maximum atomic E-state index is 12.4. The molecule has 1 heterocycles. The maximum Gasteiger partial charge on any atom is 0.259 e. The Hall–Kier alpha value is -3.69. The second kappa shape index (κ2) is 9.31. The second-order valence-corrected chi connectivity index (χ2v) is 6.12. The van der Waals surface area contributed by atoms with Crippen molar-refractivity contribution in [2.45, 2.75) is 0 Å². The Kier molecular flexibility index (Phi) is 6.34. The Bertz CT molecular complexity index is 1040. The van der Waals surface area contributed by atoms with Crippen molar-refractivity contribution in [2.24, 2.45) is 0 Å². The van der Waals surface area contributed by atoms with E-state index in [9.17, 15) is 4.79 Å². The lowest BCUT2D eigenvalue weighted by atomic mass is 10.1. The average molecular weight is 387 g/mol. The van der Waals surface area contributed by atoms with E-state index in [1.807, 2.05) is 30.3 Å². The van der Waals surface area contributed by atoms with Crippen molar-refractivity contribution in [3.63, 3.8) is 0 Å². The molecule has 0 saturated heterocycles. The highest BCUT2D eigenvalue weighted by atomic mass is 32.1. The molecule has 1 aromatic heterocycles. The third kappa shape index (κ3) is 5.40. The largest absolute Gasteiger partial charge is 0.497 e. The first kappa shape index (κ1) is 19.1. The summed E-state index contributed by atoms with van der Waals surface area (Å²) in [6, 6.07) is 18.5. The summed E-state index contributed by atoms with van der Waals surface area (Å²) in [5.74, 6) is 6.42. The van der Waals surface area contributed by atoms with Crippen LogP contribution in [0.2, 0.25) is 0 Å². The van der Waals surface area contributed by atoms with Gasteiger partial charge in [-0.2, -0.15) is 0 Å². The number of pyridine rings is 1. The Morgan fingerprint density at radius 1 is 1.00 bits per heavy atom. The van der Waals surface area contributed by atoms with Crippen LogP contribution in [0.3, 0.4) is 0 Å². The Morgan fingerprint density at radius 2 is 1.71 bits per heavy atom. The minimum atomic E-state index is -0.359. The van der Waals surface area contributed by atoms with E-state index in [0.717, 1.165) is 17.0 Å². The lowest BCUT2D eigenvalue weighted by molar-refractivity contribution is 0.0977. The zero-order valence-electron chi connectivity index (χ0n) is 15.1. The number of carbonyl (C=O) groups excluding carboxylic acids is 1. The highest BCUT2D eigenvalue weighted by Gasteiger charge is 2.09. The van der Waals surface area contributed by atoms with Gasteiger partial charge in [-0.15, -0.1) is 0 Å². The van der Waals surface area contributed by atoms with Crippen molar-refractivity contribution < 1.29 is 9.53 Å². The zero-order valence-corrected chi connectivity index (χ0v) is 15.9. The molecule has 3 aromatic rings. The SMILES string of the molecule is COc1ccc(NC(=S)NC(=O)c2cncc(C#Cc3ccccc3)c2)cc1. The lowest BCUT2D eigenvalue weighted by Crippen LogP contribution is -2.34. The Morgan fingerprint density at radius 3 is 2.43 bits per heavy atom. The van der Waals surface area contributed by atoms with E-state index in [1.165, 1.54) is 6.20 Å². The van der Waals surface area contributed by atoms with Crippen LogP contribution in [0.5, 0.6) is 5.75 Å². The monoisotopic (exact) mass is 387 g/mol. The zero-order chi connectivity index (χ0) is 19.8. The highest BCUT2D eigenvalue weighted by molar-refractivity contribution is 7.80. The molecule has 2 aromatic carbocycles. The standard InChI is InChI=1S/C22H17N3O2S/c1-27-20-11-9-19(10-12-20)24-22(28)25-21(26)18-13-17(14-23-15-18)8-7-16-5-3-2-4-6-16/h2-6,9-15H,1H3,(H2,24,25,26,28). The van der Waals surface area contributed by atoms with E-state index in [1.54, 1.807) is 43.6 Å². The number of methoxy groups -OCH3 is 1. The van der Waals surface area contributed by atoms with Crippen molar-refractivity contribution in [3.05, 3.63) is 89.7 Å². The molecule has 1 amide bonds. The quantitative estimate of drug-likeness (QED) is 0.531. The van der Waals surface area contributed by atoms with Gasteiger partial charge in [-0.1, -0.05) is 30.0 Å². The van der Waals surface area contributed by atoms with Crippen LogP contribution in [0.25, 0.3) is 0 Å². The number of hydrogen-bond acceptors (Lipinski definition) is 4. The number of benzene rings is 2. The molecule has 138 valence electrons. The topological polar surface area (TPSA) is 63.2 Å². The molecule has 0 fully saturated rings. The number of thiocarbonyl (C=S) groups is 1. The number of amides is 1. The first-order valence-electron chi connectivity index (χ1n) is 8.42. The van der Waals surface area contributed by atoms with Gasteiger partial charge in [-0.3, -0.25) is 15.1 Å². The van der Waals surface area contributed by atoms with Crippen molar-refractivity contribution in [1.29, 1.82) is 0 Å². The summed E-state index contributed by atoms with van der Waals surface area (Å²) in [5, 5.41) is 5.78. The van der Waals surface area contributed by atoms with Crippen molar-refractivity contribution in [1.82, 2.24) is 10.3 Å². The number of carbonyl (C=O) groups is 1. The highest BCUT2D eigenvalue weighted by Crippen LogP contribution is 2.14. The average Bonchev–Trinajstić information content (AvgIpc) is 2.73. The minimum absolute atomic E-state index is 0.191. The molecule has 0 aliphatic rings. The van der Waals surface area contributed by atoms with Crippen molar-refractivity contribution in [3.8, 4) is 17.6 Å². The summed E-state index contributed by atoms with van der Waals surface area (Å²) in [6.45, 7) is 0. The first-order valence-corrected chi connectivity index (χ1v) is 8.83. The summed E-state index contributed by atoms with van der Waals surface area (Å²) in [4.78, 5) is 16.5. The molecule has 0 radical (unpaired) electrons. The van der Waals surface area contributed by atoms with Crippen LogP contribution in [0.4, 0.5) is 5.69 Å². The van der Waals surface area contributed by atoms with Crippen LogP contribution >= 0.6 is 12.2 Å². The number of aromatic nitrogens is 1. The normalized spacial score (nSPS) is 9.61. The molecule has 3 rings (SSSR count). The van der Waals surface area contributed by atoms with Gasteiger partial charge in [0.05, 0.1) is 12.7 Å². The van der Waals surface area contributed by atoms with E-state index in [4.69, 9.17) is 17.0 Å². The van der Waals surface area contributed by atoms with Gasteiger partial charge < -0.3 is 10.1 Å². The van der Waals surface area contributed by atoms with Gasteiger partial charge in [-0.05, 0) is 54.7 Å². The van der Waals surface area contributed by atoms with Crippen molar-refractivity contribution >= 4 is 28.9 Å². The summed E-state index contributed by atoms with van der Waals surface area (Å²) in [5.41, 5.74) is 2.65. The van der Waals surface area contributed by atoms with E-state index in [2.05, 4.69) is 27.5 Å². The molecule has 0 aliphatic heterocycles. The molecule has 0 bridgehead atoms. The molecular weight excluding hydrogens is 370 g/mol. The van der Waals surface area contributed by atoms with Crippen LogP contribution in [0, 0.1) is 11.8 Å². The Balaban J connectivity index is 1.64. The van der Waals surface area contributed by atoms with Crippen LogP contribution < -0.4 is 15.4 Å². The van der Waals surface area contributed by atoms with Gasteiger partial charge in [0.2, 0.25) is 0 Å². The minimum Gasteiger partial charge on any atom is -0.497 e. The number of hydrogen-bond donors (Lipinski definition) is 2. The van der Waals surface area contributed by atoms with E-state index >= 15 is 0 Å². The smallest absolute Gasteiger partial charge is 0.259 e. The van der Waals surface area contributed by atoms with Gasteiger partial charge in [-0.25, -0.2) is 0 Å². The van der Waals surface area contributed by atoms with E-state index in [0.29, 0.717) is 11.1 Å². The molecule has 2 N–H and O–H groups in total. The Labute approximate surface area is 168 Å². The number of rotatable bonds is 3. The van der Waals surface area contributed by atoms with Crippen LogP contribution in [0.15, 0.2) is 73.1 Å². The van der Waals surface area contributed by atoms with Crippen LogP contribution in [0.1, 0.15) is 21.5 Å². The summed E-state index contributed by atoms with van der Waals surface area (Å²) < 4.78 is 5.11. The predicted octanol–water partition coefficient (Wildman–Crippen LogP) is 3.62. The molecular formula is C22H17N3O2S. The van der Waals surface area contributed by atoms with E-state index in [-0.39, 0.29) is 11.0 Å². The molecule has 5 nitrogen and oxygen atoms in total. The van der Waals surface area contributed by atoms with Crippen molar-refractivity contribution in [2.75, 3.05) is 12.4 Å². The fourth-order valence-electron chi connectivity index (χ4n) is 2.31. The summed E-state index contributed by atoms with van der Waals surface area (Å²) >= 11 is 5.20. The molecule has 28 heavy (non-hydrogen) atoms. The van der Waals surface area contributed by atoms with Gasteiger partial charge in [0.1, 0.15) is 5.75 Å². The van der Waals surface area contributed by atoms with Crippen LogP contribution in [-0.4, -0.2) is 23.1 Å². The number of nitrogens with zero attached hydrogens (tertiary/aromatic N) is 1. The number of anilines is 1. The van der Waals surface area contributed by atoms with Crippen LogP contribution in [-0.2, 0) is 0 Å². The molecule has 0 aliphatic carbocycles. The molecule has 0 atom stereocenters. The molecule has 0 unspecified atom stereocenters. The maximum absolute atomic E-state index is 12.4. The third-order valence-corrected chi connectivity index (χ3v) is 3.90. The lowest BCUT2D eigenvalue weighted by Gasteiger charge is -2.10. The van der Waals surface area contributed by atoms with Gasteiger partial charge in [0, 0.05) is 29.2 Å². The fourth-order valence-corrected chi connectivity index (χ4v) is 2.52. The summed E-state index contributed by atoms with van der Waals surface area (Å²) in [7, 11) is 1.60.